The van der Waals surface area contributed by atoms with Crippen molar-refractivity contribution in [3.63, 3.8) is 0 Å². The first-order valence-electron chi connectivity index (χ1n) is 5.08. The van der Waals surface area contributed by atoms with E-state index in [-0.39, 0.29) is 17.1 Å². The fourth-order valence-electron chi connectivity index (χ4n) is 1.60. The van der Waals surface area contributed by atoms with Gasteiger partial charge in [0.1, 0.15) is 5.75 Å². The van der Waals surface area contributed by atoms with E-state index in [4.69, 9.17) is 16.3 Å². The highest BCUT2D eigenvalue weighted by molar-refractivity contribution is 6.30. The fourth-order valence-corrected chi connectivity index (χ4v) is 1.83. The molecule has 7 heteroatoms. The standard InChI is InChI=1S/C11H13ClF3NO2/c1-16-5-9(17)7-3-6(12)4-8(10(7)18-2)11(13,14)15/h3-4,9,16-17H,5H2,1-2H3. The van der Waals surface area contributed by atoms with E-state index in [2.05, 4.69) is 5.32 Å². The van der Waals surface area contributed by atoms with Crippen LogP contribution < -0.4 is 10.1 Å². The van der Waals surface area contributed by atoms with Crippen molar-refractivity contribution in [3.8, 4) is 5.75 Å². The van der Waals surface area contributed by atoms with Crippen LogP contribution in [-0.4, -0.2) is 25.8 Å². The first kappa shape index (κ1) is 15.1. The zero-order valence-corrected chi connectivity index (χ0v) is 10.6. The molecule has 1 aromatic carbocycles. The molecule has 0 bridgehead atoms. The summed E-state index contributed by atoms with van der Waals surface area (Å²) in [5, 5.41) is 12.3. The molecule has 3 nitrogen and oxygen atoms in total. The van der Waals surface area contributed by atoms with Gasteiger partial charge < -0.3 is 15.2 Å². The van der Waals surface area contributed by atoms with Gasteiger partial charge in [-0.15, -0.1) is 0 Å². The molecule has 0 aliphatic carbocycles. The molecule has 18 heavy (non-hydrogen) atoms. The molecule has 0 aliphatic rings. The zero-order chi connectivity index (χ0) is 13.9. The van der Waals surface area contributed by atoms with Crippen LogP contribution in [0.2, 0.25) is 5.02 Å². The molecular formula is C11H13ClF3NO2. The summed E-state index contributed by atoms with van der Waals surface area (Å²) < 4.78 is 43.2. The van der Waals surface area contributed by atoms with E-state index in [1.807, 2.05) is 0 Å². The van der Waals surface area contributed by atoms with E-state index in [0.717, 1.165) is 13.2 Å². The molecule has 0 saturated heterocycles. The van der Waals surface area contributed by atoms with E-state index in [1.165, 1.54) is 6.07 Å². The van der Waals surface area contributed by atoms with Crippen LogP contribution in [0.5, 0.6) is 5.75 Å². The number of hydrogen-bond donors (Lipinski definition) is 2. The average Bonchev–Trinajstić information content (AvgIpc) is 2.27. The lowest BCUT2D eigenvalue weighted by Crippen LogP contribution is -2.19. The largest absolute Gasteiger partial charge is 0.496 e. The van der Waals surface area contributed by atoms with Gasteiger partial charge in [0.05, 0.1) is 18.8 Å². The number of hydrogen-bond acceptors (Lipinski definition) is 3. The number of aliphatic hydroxyl groups is 1. The van der Waals surface area contributed by atoms with E-state index in [9.17, 15) is 18.3 Å². The van der Waals surface area contributed by atoms with Gasteiger partial charge in [-0.05, 0) is 19.2 Å². The minimum Gasteiger partial charge on any atom is -0.496 e. The van der Waals surface area contributed by atoms with Crippen molar-refractivity contribution in [2.75, 3.05) is 20.7 Å². The lowest BCUT2D eigenvalue weighted by Gasteiger charge is -2.19. The van der Waals surface area contributed by atoms with E-state index in [1.54, 1.807) is 7.05 Å². The molecule has 0 spiro atoms. The van der Waals surface area contributed by atoms with Gasteiger partial charge in [-0.2, -0.15) is 13.2 Å². The van der Waals surface area contributed by atoms with E-state index >= 15 is 0 Å². The van der Waals surface area contributed by atoms with Gasteiger partial charge in [-0.3, -0.25) is 0 Å². The number of nitrogens with one attached hydrogen (secondary N) is 1. The number of rotatable bonds is 4. The number of halogens is 4. The first-order valence-corrected chi connectivity index (χ1v) is 5.46. The molecule has 0 amide bonds. The van der Waals surface area contributed by atoms with E-state index in [0.29, 0.717) is 0 Å². The fraction of sp³-hybridized carbons (Fsp3) is 0.455. The molecule has 102 valence electrons. The Labute approximate surface area is 108 Å². The molecule has 2 N–H and O–H groups in total. The lowest BCUT2D eigenvalue weighted by atomic mass is 10.0. The normalized spacial score (nSPS) is 13.5. The monoisotopic (exact) mass is 283 g/mol. The van der Waals surface area contributed by atoms with Crippen LogP contribution in [0, 0.1) is 0 Å². The number of methoxy groups -OCH3 is 1. The predicted molar refractivity (Wildman–Crippen MR) is 61.9 cm³/mol. The minimum atomic E-state index is -4.59. The third-order valence-electron chi connectivity index (χ3n) is 2.35. The van der Waals surface area contributed by atoms with Crippen molar-refractivity contribution < 1.29 is 23.0 Å². The Hall–Kier alpha value is -0.980. The maximum atomic E-state index is 12.8. The van der Waals surface area contributed by atoms with Crippen LogP contribution in [0.25, 0.3) is 0 Å². The summed E-state index contributed by atoms with van der Waals surface area (Å²) in [4.78, 5) is 0. The molecule has 1 unspecified atom stereocenters. The first-order chi connectivity index (χ1) is 8.31. The molecule has 0 aromatic heterocycles. The second-order valence-electron chi connectivity index (χ2n) is 3.65. The number of benzene rings is 1. The van der Waals surface area contributed by atoms with Crippen LogP contribution in [0.15, 0.2) is 12.1 Å². The third-order valence-corrected chi connectivity index (χ3v) is 2.57. The highest BCUT2D eigenvalue weighted by Crippen LogP contribution is 2.41. The van der Waals surface area contributed by atoms with Gasteiger partial charge in [0.15, 0.2) is 0 Å². The number of ether oxygens (including phenoxy) is 1. The SMILES string of the molecule is CNCC(O)c1cc(Cl)cc(C(F)(F)F)c1OC. The predicted octanol–water partition coefficient (Wildman–Crippen LogP) is 2.62. The third kappa shape index (κ3) is 3.28. The van der Waals surface area contributed by atoms with Crippen molar-refractivity contribution in [3.05, 3.63) is 28.3 Å². The second kappa shape index (κ2) is 5.77. The van der Waals surface area contributed by atoms with Crippen molar-refractivity contribution in [2.45, 2.75) is 12.3 Å². The summed E-state index contributed by atoms with van der Waals surface area (Å²) in [6, 6.07) is 2.04. The number of alkyl halides is 3. The maximum Gasteiger partial charge on any atom is 0.420 e. The molecule has 0 fully saturated rings. The molecule has 0 heterocycles. The van der Waals surface area contributed by atoms with Crippen LogP contribution in [-0.2, 0) is 6.18 Å². The van der Waals surface area contributed by atoms with Crippen LogP contribution in [0.4, 0.5) is 13.2 Å². The lowest BCUT2D eigenvalue weighted by molar-refractivity contribution is -0.138. The van der Waals surface area contributed by atoms with Gasteiger partial charge in [0, 0.05) is 17.1 Å². The summed E-state index contributed by atoms with van der Waals surface area (Å²) in [6.45, 7) is 0.0913. The average molecular weight is 284 g/mol. The summed E-state index contributed by atoms with van der Waals surface area (Å²) in [7, 11) is 2.69. The molecule has 1 aromatic rings. The van der Waals surface area contributed by atoms with Crippen molar-refractivity contribution in [1.82, 2.24) is 5.32 Å². The van der Waals surface area contributed by atoms with Gasteiger partial charge in [-0.1, -0.05) is 11.6 Å². The summed E-state index contributed by atoms with van der Waals surface area (Å²) >= 11 is 5.64. The van der Waals surface area contributed by atoms with Gasteiger partial charge in [0.25, 0.3) is 0 Å². The highest BCUT2D eigenvalue weighted by Gasteiger charge is 2.36. The quantitative estimate of drug-likeness (QED) is 0.892. The topological polar surface area (TPSA) is 41.5 Å². The summed E-state index contributed by atoms with van der Waals surface area (Å²) in [5.74, 6) is -0.408. The summed E-state index contributed by atoms with van der Waals surface area (Å²) in [6.07, 6.45) is -5.73. The molecular weight excluding hydrogens is 271 g/mol. The van der Waals surface area contributed by atoms with Crippen molar-refractivity contribution in [1.29, 1.82) is 0 Å². The van der Waals surface area contributed by atoms with Gasteiger partial charge in [0.2, 0.25) is 0 Å². The van der Waals surface area contributed by atoms with Crippen LogP contribution >= 0.6 is 11.6 Å². The van der Waals surface area contributed by atoms with Crippen LogP contribution in [0.3, 0.4) is 0 Å². The highest BCUT2D eigenvalue weighted by atomic mass is 35.5. The van der Waals surface area contributed by atoms with Crippen LogP contribution in [0.1, 0.15) is 17.2 Å². The zero-order valence-electron chi connectivity index (χ0n) is 9.81. The van der Waals surface area contributed by atoms with Crippen molar-refractivity contribution in [2.24, 2.45) is 0 Å². The molecule has 1 rings (SSSR count). The smallest absolute Gasteiger partial charge is 0.420 e. The molecule has 0 saturated carbocycles. The Morgan fingerprint density at radius 1 is 1.44 bits per heavy atom. The van der Waals surface area contributed by atoms with Gasteiger partial charge >= 0.3 is 6.18 Å². The van der Waals surface area contributed by atoms with Gasteiger partial charge in [-0.25, -0.2) is 0 Å². The summed E-state index contributed by atoms with van der Waals surface area (Å²) in [5.41, 5.74) is -0.991. The Morgan fingerprint density at radius 3 is 2.50 bits per heavy atom. The molecule has 0 aliphatic heterocycles. The Morgan fingerprint density at radius 2 is 2.06 bits per heavy atom. The second-order valence-corrected chi connectivity index (χ2v) is 4.08. The Balaban J connectivity index is 3.38. The molecule has 0 radical (unpaired) electrons. The Kier molecular flexibility index (Phi) is 4.84. The number of aliphatic hydroxyl groups excluding tert-OH is 1. The molecule has 1 atom stereocenters. The van der Waals surface area contributed by atoms with E-state index < -0.39 is 23.6 Å². The maximum absolute atomic E-state index is 12.8. The Bertz CT molecular complexity index is 423. The number of likely N-dealkylation sites (N-methyl/N-ethyl adjacent to an activating group) is 1. The minimum absolute atomic E-state index is 0.00618. The van der Waals surface area contributed by atoms with Crippen molar-refractivity contribution >= 4 is 11.6 Å².